The van der Waals surface area contributed by atoms with Crippen molar-refractivity contribution in [1.82, 2.24) is 9.80 Å². The number of halogens is 4. The molecule has 0 radical (unpaired) electrons. The molecule has 0 spiro atoms. The smallest absolute Gasteiger partial charge is 0.372 e. The SMILES string of the molecule is CCN(CC)C(=O)c1ccc(N2CCC(C3CCN(C(=O)C(O)(C(C)C)C(F)(F)F)CC3)CC2)cc1Cl. The van der Waals surface area contributed by atoms with Crippen molar-refractivity contribution in [3.05, 3.63) is 28.8 Å². The standard InChI is InChI=1S/C27H39ClF3N3O3/c1-5-32(6-2)24(35)22-8-7-21(17-23(22)28)33-13-9-19(10-14-33)20-11-15-34(16-12-20)25(36)26(37,18(3)4)27(29,30)31/h7-8,17-20,37H,5-6,9-16H2,1-4H3. The summed E-state index contributed by atoms with van der Waals surface area (Å²) in [7, 11) is 0. The fraction of sp³-hybridized carbons (Fsp3) is 0.704. The van der Waals surface area contributed by atoms with Crippen LogP contribution < -0.4 is 4.90 Å². The fourth-order valence-corrected chi connectivity index (χ4v) is 5.95. The number of benzene rings is 1. The number of hydrogen-bond acceptors (Lipinski definition) is 4. The van der Waals surface area contributed by atoms with E-state index in [1.807, 2.05) is 26.0 Å². The second-order valence-electron chi connectivity index (χ2n) is 10.5. The molecule has 2 aliphatic rings. The van der Waals surface area contributed by atoms with Gasteiger partial charge in [0.25, 0.3) is 11.8 Å². The van der Waals surface area contributed by atoms with Gasteiger partial charge in [-0.25, -0.2) is 0 Å². The molecule has 208 valence electrons. The summed E-state index contributed by atoms with van der Waals surface area (Å²) in [6, 6.07) is 5.57. The lowest BCUT2D eigenvalue weighted by atomic mass is 9.78. The molecule has 1 unspecified atom stereocenters. The van der Waals surface area contributed by atoms with Crippen LogP contribution in [0.5, 0.6) is 0 Å². The van der Waals surface area contributed by atoms with Crippen LogP contribution in [0.1, 0.15) is 63.7 Å². The van der Waals surface area contributed by atoms with Gasteiger partial charge in [0, 0.05) is 50.9 Å². The largest absolute Gasteiger partial charge is 0.426 e. The predicted molar refractivity (Wildman–Crippen MR) is 139 cm³/mol. The number of carbonyl (C=O) groups excluding carboxylic acids is 2. The number of rotatable bonds is 7. The van der Waals surface area contributed by atoms with Gasteiger partial charge in [-0.2, -0.15) is 13.2 Å². The minimum Gasteiger partial charge on any atom is -0.372 e. The second kappa shape index (κ2) is 11.8. The van der Waals surface area contributed by atoms with E-state index in [2.05, 4.69) is 4.90 Å². The topological polar surface area (TPSA) is 64.1 Å². The first-order valence-electron chi connectivity index (χ1n) is 13.3. The highest BCUT2D eigenvalue weighted by Crippen LogP contribution is 2.40. The van der Waals surface area contributed by atoms with Crippen LogP contribution in [-0.2, 0) is 4.79 Å². The third-order valence-corrected chi connectivity index (χ3v) is 8.54. The molecule has 1 aromatic carbocycles. The molecule has 1 atom stereocenters. The number of piperidine rings is 2. The van der Waals surface area contributed by atoms with Gasteiger partial charge in [0.05, 0.1) is 10.6 Å². The third kappa shape index (κ3) is 6.03. The highest BCUT2D eigenvalue weighted by Gasteiger charge is 2.62. The maximum atomic E-state index is 13.5. The van der Waals surface area contributed by atoms with Crippen molar-refractivity contribution in [3.63, 3.8) is 0 Å². The van der Waals surface area contributed by atoms with Crippen LogP contribution in [0.25, 0.3) is 0 Å². The molecule has 2 heterocycles. The Morgan fingerprint density at radius 3 is 1.97 bits per heavy atom. The molecule has 0 bridgehead atoms. The van der Waals surface area contributed by atoms with Gasteiger partial charge in [0.1, 0.15) is 0 Å². The zero-order valence-corrected chi connectivity index (χ0v) is 22.9. The van der Waals surface area contributed by atoms with E-state index < -0.39 is 23.6 Å². The minimum absolute atomic E-state index is 0.0767. The summed E-state index contributed by atoms with van der Waals surface area (Å²) in [6.07, 6.45) is -1.86. The van der Waals surface area contributed by atoms with E-state index in [1.54, 1.807) is 11.0 Å². The average Bonchev–Trinajstić information content (AvgIpc) is 2.87. The van der Waals surface area contributed by atoms with Crippen LogP contribution >= 0.6 is 11.6 Å². The second-order valence-corrected chi connectivity index (χ2v) is 10.9. The normalized spacial score (nSPS) is 19.7. The van der Waals surface area contributed by atoms with E-state index in [9.17, 15) is 27.9 Å². The molecule has 2 saturated heterocycles. The van der Waals surface area contributed by atoms with E-state index in [0.717, 1.165) is 31.6 Å². The van der Waals surface area contributed by atoms with E-state index in [-0.39, 0.29) is 19.0 Å². The maximum Gasteiger partial charge on any atom is 0.426 e. The third-order valence-electron chi connectivity index (χ3n) is 8.23. The molecule has 3 rings (SSSR count). The molecule has 6 nitrogen and oxygen atoms in total. The summed E-state index contributed by atoms with van der Waals surface area (Å²) in [5, 5.41) is 10.7. The lowest BCUT2D eigenvalue weighted by Crippen LogP contribution is -2.62. The van der Waals surface area contributed by atoms with Gasteiger partial charge in [-0.1, -0.05) is 25.4 Å². The van der Waals surface area contributed by atoms with Crippen LogP contribution in [0.15, 0.2) is 18.2 Å². The molecule has 2 fully saturated rings. The van der Waals surface area contributed by atoms with Gasteiger partial charge in [-0.3, -0.25) is 9.59 Å². The summed E-state index contributed by atoms with van der Waals surface area (Å²) in [4.78, 5) is 30.5. The van der Waals surface area contributed by atoms with Crippen LogP contribution in [0.3, 0.4) is 0 Å². The van der Waals surface area contributed by atoms with Gasteiger partial charge in [0.15, 0.2) is 0 Å². The monoisotopic (exact) mass is 545 g/mol. The van der Waals surface area contributed by atoms with Gasteiger partial charge < -0.3 is 19.8 Å². The van der Waals surface area contributed by atoms with Crippen LogP contribution in [0, 0.1) is 17.8 Å². The molecule has 2 aliphatic heterocycles. The number of alkyl halides is 3. The maximum absolute atomic E-state index is 13.5. The fourth-order valence-electron chi connectivity index (χ4n) is 5.69. The summed E-state index contributed by atoms with van der Waals surface area (Å²) in [5.74, 6) is -1.81. The van der Waals surface area contributed by atoms with Crippen molar-refractivity contribution < 1.29 is 27.9 Å². The average molecular weight is 546 g/mol. The summed E-state index contributed by atoms with van der Waals surface area (Å²) >= 11 is 6.48. The Morgan fingerprint density at radius 2 is 1.54 bits per heavy atom. The minimum atomic E-state index is -5.01. The number of likely N-dealkylation sites (tertiary alicyclic amines) is 1. The molecule has 37 heavy (non-hydrogen) atoms. The van der Waals surface area contributed by atoms with Crippen molar-refractivity contribution >= 4 is 29.1 Å². The van der Waals surface area contributed by atoms with Gasteiger partial charge >= 0.3 is 6.18 Å². The first-order chi connectivity index (χ1) is 17.3. The van der Waals surface area contributed by atoms with Crippen molar-refractivity contribution in [2.75, 3.05) is 44.2 Å². The number of amides is 2. The van der Waals surface area contributed by atoms with E-state index in [0.29, 0.717) is 48.4 Å². The number of anilines is 1. The van der Waals surface area contributed by atoms with Gasteiger partial charge in [-0.05, 0) is 69.6 Å². The molecule has 1 N–H and O–H groups in total. The zero-order valence-electron chi connectivity index (χ0n) is 22.2. The zero-order chi connectivity index (χ0) is 27.5. The Kier molecular flexibility index (Phi) is 9.43. The first-order valence-corrected chi connectivity index (χ1v) is 13.6. The molecule has 0 aromatic heterocycles. The predicted octanol–water partition coefficient (Wildman–Crippen LogP) is 5.23. The van der Waals surface area contributed by atoms with Crippen molar-refractivity contribution in [1.29, 1.82) is 0 Å². The van der Waals surface area contributed by atoms with Gasteiger partial charge in [-0.15, -0.1) is 0 Å². The lowest BCUT2D eigenvalue weighted by molar-refractivity contribution is -0.270. The quantitative estimate of drug-likeness (QED) is 0.510. The van der Waals surface area contributed by atoms with Crippen molar-refractivity contribution in [2.24, 2.45) is 17.8 Å². The lowest BCUT2D eigenvalue weighted by Gasteiger charge is -2.43. The molecule has 1 aromatic rings. The molecular formula is C27H39ClF3N3O3. The number of nitrogens with zero attached hydrogens (tertiary/aromatic N) is 3. The van der Waals surface area contributed by atoms with Gasteiger partial charge in [0.2, 0.25) is 5.60 Å². The first kappa shape index (κ1) is 29.6. The van der Waals surface area contributed by atoms with E-state index in [4.69, 9.17) is 11.6 Å². The Labute approximate surface area is 222 Å². The van der Waals surface area contributed by atoms with Crippen LogP contribution in [-0.4, -0.2) is 77.8 Å². The Bertz CT molecular complexity index is 954. The number of aliphatic hydroxyl groups is 1. The Morgan fingerprint density at radius 1 is 1.03 bits per heavy atom. The Balaban J connectivity index is 1.55. The van der Waals surface area contributed by atoms with Crippen molar-refractivity contribution in [3.8, 4) is 0 Å². The molecule has 2 amide bonds. The Hall–Kier alpha value is -2.00. The van der Waals surface area contributed by atoms with E-state index >= 15 is 0 Å². The molecular weight excluding hydrogens is 507 g/mol. The highest BCUT2D eigenvalue weighted by atomic mass is 35.5. The molecule has 0 saturated carbocycles. The summed E-state index contributed by atoms with van der Waals surface area (Å²) in [5.41, 5.74) is -1.88. The summed E-state index contributed by atoms with van der Waals surface area (Å²) in [6.45, 7) is 9.65. The van der Waals surface area contributed by atoms with E-state index in [1.165, 1.54) is 18.7 Å². The van der Waals surface area contributed by atoms with Crippen LogP contribution in [0.4, 0.5) is 18.9 Å². The number of carbonyl (C=O) groups is 2. The molecule has 10 heteroatoms. The highest BCUT2D eigenvalue weighted by molar-refractivity contribution is 6.34. The number of hydrogen-bond donors (Lipinski definition) is 1. The summed E-state index contributed by atoms with van der Waals surface area (Å²) < 4.78 is 40.6. The van der Waals surface area contributed by atoms with Crippen molar-refractivity contribution in [2.45, 2.75) is 65.2 Å². The van der Waals surface area contributed by atoms with Crippen LogP contribution in [0.2, 0.25) is 5.02 Å². The molecule has 0 aliphatic carbocycles.